The first-order chi connectivity index (χ1) is 7.72. The van der Waals surface area contributed by atoms with Crippen LogP contribution in [0.15, 0.2) is 17.4 Å². The van der Waals surface area contributed by atoms with Gasteiger partial charge in [0, 0.05) is 26.2 Å². The molecular weight excluding hydrogens is 206 g/mol. The highest BCUT2D eigenvalue weighted by Gasteiger charge is 1.96. The van der Waals surface area contributed by atoms with Crippen LogP contribution in [-0.4, -0.2) is 27.4 Å². The summed E-state index contributed by atoms with van der Waals surface area (Å²) in [6, 6.07) is 1.99. The number of nitrogens with one attached hydrogen (secondary N) is 1. The van der Waals surface area contributed by atoms with Gasteiger partial charge in [-0.15, -0.1) is 0 Å². The normalized spacial score (nSPS) is 11.9. The van der Waals surface area contributed by atoms with Crippen molar-refractivity contribution < 1.29 is 5.21 Å². The van der Waals surface area contributed by atoms with Crippen molar-refractivity contribution in [2.24, 2.45) is 17.9 Å². The summed E-state index contributed by atoms with van der Waals surface area (Å²) in [5.74, 6) is 0.296. The fourth-order valence-corrected chi connectivity index (χ4v) is 1.38. The van der Waals surface area contributed by atoms with Crippen molar-refractivity contribution >= 4 is 5.84 Å². The van der Waals surface area contributed by atoms with Gasteiger partial charge in [-0.2, -0.15) is 5.10 Å². The lowest BCUT2D eigenvalue weighted by atomic mass is 10.2. The van der Waals surface area contributed by atoms with Crippen molar-refractivity contribution in [2.45, 2.75) is 25.8 Å². The fourth-order valence-electron chi connectivity index (χ4n) is 1.38. The molecule has 0 aliphatic rings. The Kier molecular flexibility index (Phi) is 5.35. The summed E-state index contributed by atoms with van der Waals surface area (Å²) in [6.07, 6.45) is 4.49. The molecule has 1 heterocycles. The molecule has 0 bridgehead atoms. The summed E-state index contributed by atoms with van der Waals surface area (Å²) in [6.45, 7) is 1.69. The summed E-state index contributed by atoms with van der Waals surface area (Å²) in [5, 5.41) is 18.8. The number of oxime groups is 1. The zero-order valence-electron chi connectivity index (χ0n) is 9.56. The molecule has 0 saturated carbocycles. The van der Waals surface area contributed by atoms with E-state index < -0.39 is 0 Å². The lowest BCUT2D eigenvalue weighted by molar-refractivity contribution is 0.316. The molecular formula is C10H19N5O. The van der Waals surface area contributed by atoms with Crippen LogP contribution in [0.4, 0.5) is 0 Å². The number of rotatable bonds is 7. The molecule has 0 aliphatic heterocycles. The quantitative estimate of drug-likeness (QED) is 0.206. The summed E-state index contributed by atoms with van der Waals surface area (Å²) >= 11 is 0. The fraction of sp³-hybridized carbons (Fsp3) is 0.600. The molecule has 0 aromatic carbocycles. The molecule has 6 heteroatoms. The van der Waals surface area contributed by atoms with E-state index in [9.17, 15) is 0 Å². The first kappa shape index (κ1) is 12.5. The van der Waals surface area contributed by atoms with Crippen molar-refractivity contribution in [1.82, 2.24) is 15.1 Å². The van der Waals surface area contributed by atoms with Crippen LogP contribution in [0, 0.1) is 0 Å². The van der Waals surface area contributed by atoms with E-state index in [1.807, 2.05) is 19.3 Å². The van der Waals surface area contributed by atoms with Gasteiger partial charge in [0.05, 0.1) is 5.69 Å². The number of aromatic nitrogens is 2. The van der Waals surface area contributed by atoms with E-state index in [1.165, 1.54) is 0 Å². The lowest BCUT2D eigenvalue weighted by Gasteiger charge is -2.02. The van der Waals surface area contributed by atoms with Gasteiger partial charge in [0.1, 0.15) is 5.84 Å². The van der Waals surface area contributed by atoms with E-state index in [2.05, 4.69) is 15.6 Å². The maximum absolute atomic E-state index is 8.33. The van der Waals surface area contributed by atoms with E-state index >= 15 is 0 Å². The van der Waals surface area contributed by atoms with Crippen molar-refractivity contribution in [3.05, 3.63) is 18.0 Å². The van der Waals surface area contributed by atoms with E-state index in [0.29, 0.717) is 12.3 Å². The van der Waals surface area contributed by atoms with Crippen LogP contribution in [0.5, 0.6) is 0 Å². The van der Waals surface area contributed by atoms with E-state index in [4.69, 9.17) is 10.9 Å². The second-order valence-corrected chi connectivity index (χ2v) is 3.71. The molecule has 0 unspecified atom stereocenters. The lowest BCUT2D eigenvalue weighted by Crippen LogP contribution is -2.16. The number of nitrogens with zero attached hydrogens (tertiary/aromatic N) is 3. The smallest absolute Gasteiger partial charge is 0.139 e. The number of unbranched alkanes of at least 4 members (excludes halogenated alkanes) is 1. The minimum Gasteiger partial charge on any atom is -0.409 e. The molecule has 0 amide bonds. The third-order valence-electron chi connectivity index (χ3n) is 2.24. The second-order valence-electron chi connectivity index (χ2n) is 3.71. The van der Waals surface area contributed by atoms with Crippen LogP contribution in [-0.2, 0) is 13.6 Å². The molecule has 1 aromatic heterocycles. The summed E-state index contributed by atoms with van der Waals surface area (Å²) in [7, 11) is 1.90. The third kappa shape index (κ3) is 4.79. The van der Waals surface area contributed by atoms with Crippen LogP contribution in [0.3, 0.4) is 0 Å². The van der Waals surface area contributed by atoms with Crippen LogP contribution in [0.2, 0.25) is 0 Å². The third-order valence-corrected chi connectivity index (χ3v) is 2.24. The highest BCUT2D eigenvalue weighted by Crippen LogP contribution is 1.96. The molecule has 0 radical (unpaired) electrons. The van der Waals surface area contributed by atoms with Gasteiger partial charge < -0.3 is 16.3 Å². The average Bonchev–Trinajstić information content (AvgIpc) is 2.69. The molecule has 0 fully saturated rings. The second kappa shape index (κ2) is 6.84. The van der Waals surface area contributed by atoms with Gasteiger partial charge in [-0.25, -0.2) is 0 Å². The van der Waals surface area contributed by atoms with Gasteiger partial charge in [0.2, 0.25) is 0 Å². The molecule has 1 aromatic rings. The van der Waals surface area contributed by atoms with Gasteiger partial charge in [-0.3, -0.25) is 4.68 Å². The van der Waals surface area contributed by atoms with Crippen molar-refractivity contribution in [3.63, 3.8) is 0 Å². The Morgan fingerprint density at radius 1 is 1.62 bits per heavy atom. The van der Waals surface area contributed by atoms with Crippen LogP contribution < -0.4 is 11.1 Å². The van der Waals surface area contributed by atoms with Crippen molar-refractivity contribution in [2.75, 3.05) is 6.54 Å². The van der Waals surface area contributed by atoms with Crippen molar-refractivity contribution in [3.8, 4) is 0 Å². The molecule has 0 saturated heterocycles. The minimum atomic E-state index is 0.296. The zero-order chi connectivity index (χ0) is 11.8. The average molecular weight is 225 g/mol. The number of hydrogen-bond acceptors (Lipinski definition) is 4. The van der Waals surface area contributed by atoms with Crippen LogP contribution in [0.25, 0.3) is 0 Å². The largest absolute Gasteiger partial charge is 0.409 e. The molecule has 16 heavy (non-hydrogen) atoms. The monoisotopic (exact) mass is 225 g/mol. The Morgan fingerprint density at radius 2 is 2.44 bits per heavy atom. The Hall–Kier alpha value is -1.56. The molecule has 6 nitrogen and oxygen atoms in total. The molecule has 0 aliphatic carbocycles. The van der Waals surface area contributed by atoms with E-state index in [1.54, 1.807) is 4.68 Å². The van der Waals surface area contributed by atoms with E-state index in [-0.39, 0.29) is 0 Å². The predicted octanol–water partition coefficient (Wildman–Crippen LogP) is 0.426. The molecule has 0 atom stereocenters. The Balaban J connectivity index is 2.00. The number of aryl methyl sites for hydroxylation is 1. The molecule has 1 rings (SSSR count). The minimum absolute atomic E-state index is 0.296. The van der Waals surface area contributed by atoms with E-state index in [0.717, 1.165) is 31.6 Å². The standard InChI is InChI=1S/C10H19N5O/c1-15-7-5-9(13-15)8-12-6-3-2-4-10(11)14-16/h5,7,12,16H,2-4,6,8H2,1H3,(H2,11,14). The molecule has 90 valence electrons. The van der Waals surface area contributed by atoms with Crippen LogP contribution in [0.1, 0.15) is 25.0 Å². The Labute approximate surface area is 95.1 Å². The summed E-state index contributed by atoms with van der Waals surface area (Å²) < 4.78 is 1.79. The number of nitrogens with two attached hydrogens (primary N) is 1. The zero-order valence-corrected chi connectivity index (χ0v) is 9.56. The maximum Gasteiger partial charge on any atom is 0.139 e. The SMILES string of the molecule is Cn1ccc(CNCCCC/C(N)=N/O)n1. The topological polar surface area (TPSA) is 88.5 Å². The molecule has 4 N–H and O–H groups in total. The first-order valence-electron chi connectivity index (χ1n) is 5.38. The molecule has 0 spiro atoms. The highest BCUT2D eigenvalue weighted by molar-refractivity contribution is 5.79. The Bertz CT molecular complexity index is 334. The van der Waals surface area contributed by atoms with Gasteiger partial charge in [0.25, 0.3) is 0 Å². The van der Waals surface area contributed by atoms with Gasteiger partial charge in [-0.1, -0.05) is 5.16 Å². The van der Waals surface area contributed by atoms with Crippen molar-refractivity contribution in [1.29, 1.82) is 0 Å². The predicted molar refractivity (Wildman–Crippen MR) is 62.2 cm³/mol. The van der Waals surface area contributed by atoms with Gasteiger partial charge in [0.15, 0.2) is 0 Å². The highest BCUT2D eigenvalue weighted by atomic mass is 16.4. The van der Waals surface area contributed by atoms with Crippen LogP contribution >= 0.6 is 0 Å². The van der Waals surface area contributed by atoms with Gasteiger partial charge in [-0.05, 0) is 25.5 Å². The first-order valence-corrected chi connectivity index (χ1v) is 5.38. The van der Waals surface area contributed by atoms with Gasteiger partial charge >= 0.3 is 0 Å². The maximum atomic E-state index is 8.33. The summed E-state index contributed by atoms with van der Waals surface area (Å²) in [4.78, 5) is 0. The Morgan fingerprint density at radius 3 is 3.06 bits per heavy atom. The number of amidine groups is 1. The number of hydrogen-bond donors (Lipinski definition) is 3. The summed E-state index contributed by atoms with van der Waals surface area (Å²) in [5.41, 5.74) is 6.39.